The van der Waals surface area contributed by atoms with Crippen LogP contribution in [0.2, 0.25) is 0 Å². The highest BCUT2D eigenvalue weighted by Crippen LogP contribution is 2.27. The molecule has 0 saturated carbocycles. The molecule has 7 heteroatoms. The first-order valence-electron chi connectivity index (χ1n) is 7.72. The summed E-state index contributed by atoms with van der Waals surface area (Å²) in [7, 11) is 0. The molecule has 3 rings (SSSR count). The third kappa shape index (κ3) is 2.92. The lowest BCUT2D eigenvalue weighted by Gasteiger charge is -2.37. The zero-order valence-corrected chi connectivity index (χ0v) is 12.9. The number of piperidine rings is 1. The molecule has 1 aromatic carbocycles. The number of hydrogen-bond acceptors (Lipinski definition) is 5. The normalized spacial score (nSPS) is 19.7. The van der Waals surface area contributed by atoms with E-state index in [4.69, 9.17) is 10.2 Å². The fourth-order valence-electron chi connectivity index (χ4n) is 3.15. The maximum atomic E-state index is 12.7. The quantitative estimate of drug-likeness (QED) is 0.692. The second-order valence-electron chi connectivity index (χ2n) is 6.01. The molecule has 0 aliphatic carbocycles. The number of fused-ring (bicyclic) bond motifs is 1. The van der Waals surface area contributed by atoms with Gasteiger partial charge >= 0.3 is 0 Å². The van der Waals surface area contributed by atoms with Crippen LogP contribution in [0.25, 0.3) is 11.0 Å². The number of amides is 1. The van der Waals surface area contributed by atoms with Crippen molar-refractivity contribution in [3.8, 4) is 0 Å². The van der Waals surface area contributed by atoms with Gasteiger partial charge in [0.05, 0.1) is 4.92 Å². The van der Waals surface area contributed by atoms with Gasteiger partial charge in [0, 0.05) is 36.1 Å². The zero-order valence-electron chi connectivity index (χ0n) is 12.9. The van der Waals surface area contributed by atoms with E-state index >= 15 is 0 Å². The van der Waals surface area contributed by atoms with Crippen LogP contribution >= 0.6 is 0 Å². The van der Waals surface area contributed by atoms with E-state index in [9.17, 15) is 14.9 Å². The molecule has 1 saturated heterocycles. The van der Waals surface area contributed by atoms with E-state index in [1.54, 1.807) is 11.0 Å². The molecule has 1 aliphatic heterocycles. The SMILES string of the molecule is CC(N)C1CCCCN1C(=O)c1cc2cc([N+](=O)[O-])ccc2o1. The number of hydrogen-bond donors (Lipinski definition) is 1. The first-order valence-corrected chi connectivity index (χ1v) is 7.72. The van der Waals surface area contributed by atoms with Crippen LogP contribution in [0.1, 0.15) is 36.7 Å². The van der Waals surface area contributed by atoms with Crippen LogP contribution < -0.4 is 5.73 Å². The molecule has 2 atom stereocenters. The lowest BCUT2D eigenvalue weighted by Crippen LogP contribution is -2.51. The molecule has 1 amide bonds. The number of rotatable bonds is 3. The Balaban J connectivity index is 1.92. The number of non-ortho nitro benzene ring substituents is 1. The predicted octanol–water partition coefficient (Wildman–Crippen LogP) is 2.68. The average molecular weight is 317 g/mol. The van der Waals surface area contributed by atoms with Gasteiger partial charge in [0.15, 0.2) is 5.76 Å². The van der Waals surface area contributed by atoms with Crippen molar-refractivity contribution in [1.29, 1.82) is 0 Å². The molecular weight excluding hydrogens is 298 g/mol. The highest BCUT2D eigenvalue weighted by molar-refractivity contribution is 5.96. The first kappa shape index (κ1) is 15.5. The standard InChI is InChI=1S/C16H19N3O4/c1-10(17)13-4-2-3-7-18(13)16(20)15-9-11-8-12(19(21)22)5-6-14(11)23-15/h5-6,8-10,13H,2-4,7,17H2,1H3. The van der Waals surface area contributed by atoms with E-state index in [-0.39, 0.29) is 29.4 Å². The molecule has 2 N–H and O–H groups in total. The Morgan fingerprint density at radius 1 is 1.43 bits per heavy atom. The van der Waals surface area contributed by atoms with Gasteiger partial charge in [-0.1, -0.05) is 0 Å². The summed E-state index contributed by atoms with van der Waals surface area (Å²) in [6.07, 6.45) is 2.89. The van der Waals surface area contributed by atoms with Crippen molar-refractivity contribution in [3.05, 3.63) is 40.1 Å². The van der Waals surface area contributed by atoms with Gasteiger partial charge in [0.25, 0.3) is 11.6 Å². The summed E-state index contributed by atoms with van der Waals surface area (Å²) in [5, 5.41) is 11.4. The second kappa shape index (κ2) is 6.00. The molecule has 2 heterocycles. The Hall–Kier alpha value is -2.41. The molecule has 1 aliphatic rings. The van der Waals surface area contributed by atoms with Crippen molar-refractivity contribution in [2.24, 2.45) is 5.73 Å². The van der Waals surface area contributed by atoms with Crippen molar-refractivity contribution in [2.75, 3.05) is 6.54 Å². The summed E-state index contributed by atoms with van der Waals surface area (Å²) in [5.74, 6) is -0.00102. The highest BCUT2D eigenvalue weighted by atomic mass is 16.6. The van der Waals surface area contributed by atoms with Crippen LogP contribution in [0, 0.1) is 10.1 Å². The summed E-state index contributed by atoms with van der Waals surface area (Å²) in [6, 6.07) is 5.75. The number of carbonyl (C=O) groups excluding carboxylic acids is 1. The molecule has 1 aromatic heterocycles. The predicted molar refractivity (Wildman–Crippen MR) is 85.2 cm³/mol. The van der Waals surface area contributed by atoms with Gasteiger partial charge in [-0.2, -0.15) is 0 Å². The lowest BCUT2D eigenvalue weighted by atomic mass is 9.96. The minimum Gasteiger partial charge on any atom is -0.451 e. The molecule has 0 bridgehead atoms. The summed E-state index contributed by atoms with van der Waals surface area (Å²) in [5.41, 5.74) is 6.44. The van der Waals surface area contributed by atoms with Gasteiger partial charge in [0.2, 0.25) is 0 Å². The number of carbonyl (C=O) groups is 1. The molecular formula is C16H19N3O4. The fourth-order valence-corrected chi connectivity index (χ4v) is 3.15. The van der Waals surface area contributed by atoms with Gasteiger partial charge in [-0.15, -0.1) is 0 Å². The molecule has 122 valence electrons. The average Bonchev–Trinajstić information content (AvgIpc) is 2.97. The van der Waals surface area contributed by atoms with E-state index in [1.807, 2.05) is 6.92 Å². The Kier molecular flexibility index (Phi) is 4.04. The van der Waals surface area contributed by atoms with Crippen molar-refractivity contribution in [1.82, 2.24) is 4.90 Å². The van der Waals surface area contributed by atoms with Gasteiger partial charge in [-0.05, 0) is 38.3 Å². The molecule has 0 spiro atoms. The van der Waals surface area contributed by atoms with Gasteiger partial charge < -0.3 is 15.1 Å². The minimum atomic E-state index is -0.468. The van der Waals surface area contributed by atoms with Gasteiger partial charge in [-0.25, -0.2) is 0 Å². The second-order valence-corrected chi connectivity index (χ2v) is 6.01. The van der Waals surface area contributed by atoms with Crippen molar-refractivity contribution >= 4 is 22.6 Å². The number of nitrogens with zero attached hydrogens (tertiary/aromatic N) is 2. The number of furan rings is 1. The van der Waals surface area contributed by atoms with Crippen LogP contribution in [0.15, 0.2) is 28.7 Å². The van der Waals surface area contributed by atoms with Crippen LogP contribution in [0.4, 0.5) is 5.69 Å². The zero-order chi connectivity index (χ0) is 16.6. The largest absolute Gasteiger partial charge is 0.451 e. The smallest absolute Gasteiger partial charge is 0.289 e. The van der Waals surface area contributed by atoms with E-state index in [0.717, 1.165) is 19.3 Å². The maximum absolute atomic E-state index is 12.7. The Bertz CT molecular complexity index is 753. The van der Waals surface area contributed by atoms with Crippen molar-refractivity contribution < 1.29 is 14.1 Å². The summed E-state index contributed by atoms with van der Waals surface area (Å²) in [4.78, 5) is 24.9. The van der Waals surface area contributed by atoms with Crippen molar-refractivity contribution in [2.45, 2.75) is 38.3 Å². The van der Waals surface area contributed by atoms with Gasteiger partial charge in [0.1, 0.15) is 5.58 Å². The van der Waals surface area contributed by atoms with Crippen molar-refractivity contribution in [3.63, 3.8) is 0 Å². The van der Waals surface area contributed by atoms with Crippen LogP contribution in [-0.2, 0) is 0 Å². The third-order valence-corrected chi connectivity index (χ3v) is 4.34. The number of nitro groups is 1. The molecule has 23 heavy (non-hydrogen) atoms. The summed E-state index contributed by atoms with van der Waals surface area (Å²) < 4.78 is 5.59. The number of benzene rings is 1. The molecule has 1 fully saturated rings. The molecule has 2 unspecified atom stereocenters. The summed E-state index contributed by atoms with van der Waals surface area (Å²) >= 11 is 0. The third-order valence-electron chi connectivity index (χ3n) is 4.34. The summed E-state index contributed by atoms with van der Waals surface area (Å²) in [6.45, 7) is 2.56. The Morgan fingerprint density at radius 2 is 2.22 bits per heavy atom. The number of nitrogens with two attached hydrogens (primary N) is 1. The minimum absolute atomic E-state index is 0.00111. The molecule has 2 aromatic rings. The van der Waals surface area contributed by atoms with E-state index < -0.39 is 4.92 Å². The maximum Gasteiger partial charge on any atom is 0.289 e. The topological polar surface area (TPSA) is 103 Å². The fraction of sp³-hybridized carbons (Fsp3) is 0.438. The van der Waals surface area contributed by atoms with Crippen LogP contribution in [0.5, 0.6) is 0 Å². The van der Waals surface area contributed by atoms with Crippen LogP contribution in [0.3, 0.4) is 0 Å². The van der Waals surface area contributed by atoms with Gasteiger partial charge in [-0.3, -0.25) is 14.9 Å². The van der Waals surface area contributed by atoms with E-state index in [2.05, 4.69) is 0 Å². The molecule has 0 radical (unpaired) electrons. The van der Waals surface area contributed by atoms with Crippen LogP contribution in [-0.4, -0.2) is 34.4 Å². The Morgan fingerprint density at radius 3 is 2.91 bits per heavy atom. The highest BCUT2D eigenvalue weighted by Gasteiger charge is 2.31. The van der Waals surface area contributed by atoms with E-state index in [0.29, 0.717) is 17.5 Å². The monoisotopic (exact) mass is 317 g/mol. The Labute approximate surface area is 133 Å². The van der Waals surface area contributed by atoms with E-state index in [1.165, 1.54) is 18.2 Å². The first-order chi connectivity index (χ1) is 11.0. The number of nitro benzene ring substituents is 1. The molecule has 7 nitrogen and oxygen atoms in total. The lowest BCUT2D eigenvalue weighted by molar-refractivity contribution is -0.384. The number of likely N-dealkylation sites (tertiary alicyclic amines) is 1.